The Hall–Kier alpha value is -2.14. The molecule has 0 fully saturated rings. The van der Waals surface area contributed by atoms with Crippen molar-refractivity contribution in [2.45, 2.75) is 0 Å². The summed E-state index contributed by atoms with van der Waals surface area (Å²) in [6, 6.07) is 13.4. The number of nitrogens with two attached hydrogens (primary N) is 2. The van der Waals surface area contributed by atoms with E-state index in [1.54, 1.807) is 0 Å². The predicted molar refractivity (Wildman–Crippen MR) is 73.0 cm³/mol. The van der Waals surface area contributed by atoms with Crippen LogP contribution in [-0.2, 0) is 0 Å². The summed E-state index contributed by atoms with van der Waals surface area (Å²) in [5.74, 6) is 0.626. The van der Waals surface area contributed by atoms with Gasteiger partial charge in [0, 0.05) is 5.39 Å². The lowest BCUT2D eigenvalue weighted by molar-refractivity contribution is 0.550. The SMILES string of the molecule is NC(=S)/N=C(\N)Oc1cccc2ccccc12. The maximum Gasteiger partial charge on any atom is 0.294 e. The first-order valence-corrected chi connectivity index (χ1v) is 5.37. The summed E-state index contributed by atoms with van der Waals surface area (Å²) < 4.78 is 5.40. The molecule has 0 bridgehead atoms. The van der Waals surface area contributed by atoms with E-state index in [0.717, 1.165) is 10.8 Å². The quantitative estimate of drug-likeness (QED) is 0.456. The number of thiocarbonyl (C=S) groups is 1. The van der Waals surface area contributed by atoms with Gasteiger partial charge in [0.05, 0.1) is 0 Å². The second-order valence-electron chi connectivity index (χ2n) is 3.37. The molecule has 5 heteroatoms. The fraction of sp³-hybridized carbons (Fsp3) is 0. The molecule has 4 nitrogen and oxygen atoms in total. The molecular weight excluding hydrogens is 234 g/mol. The number of benzene rings is 2. The van der Waals surface area contributed by atoms with Crippen molar-refractivity contribution in [2.75, 3.05) is 0 Å². The van der Waals surface area contributed by atoms with Crippen LogP contribution < -0.4 is 16.2 Å². The van der Waals surface area contributed by atoms with Gasteiger partial charge in [-0.3, -0.25) is 0 Å². The van der Waals surface area contributed by atoms with Gasteiger partial charge in [-0.1, -0.05) is 36.4 Å². The normalized spacial score (nSPS) is 11.4. The van der Waals surface area contributed by atoms with Gasteiger partial charge in [-0.2, -0.15) is 4.99 Å². The zero-order valence-corrected chi connectivity index (χ0v) is 9.78. The lowest BCUT2D eigenvalue weighted by atomic mass is 10.1. The molecule has 0 aliphatic heterocycles. The van der Waals surface area contributed by atoms with Crippen molar-refractivity contribution in [3.05, 3.63) is 42.5 Å². The molecule has 0 aromatic heterocycles. The molecule has 0 unspecified atom stereocenters. The van der Waals surface area contributed by atoms with Gasteiger partial charge in [-0.25, -0.2) is 0 Å². The molecule has 0 radical (unpaired) electrons. The van der Waals surface area contributed by atoms with Crippen LogP contribution in [0, 0.1) is 0 Å². The van der Waals surface area contributed by atoms with Gasteiger partial charge in [0.1, 0.15) is 5.75 Å². The number of fused-ring (bicyclic) bond motifs is 1. The van der Waals surface area contributed by atoms with Gasteiger partial charge >= 0.3 is 0 Å². The summed E-state index contributed by atoms with van der Waals surface area (Å²) in [7, 11) is 0. The third kappa shape index (κ3) is 2.70. The molecule has 0 amide bonds. The van der Waals surface area contributed by atoms with E-state index in [-0.39, 0.29) is 11.1 Å². The Kier molecular flexibility index (Phi) is 3.20. The summed E-state index contributed by atoms with van der Waals surface area (Å²) in [5, 5.41) is 1.96. The highest BCUT2D eigenvalue weighted by Gasteiger charge is 2.03. The van der Waals surface area contributed by atoms with E-state index in [1.165, 1.54) is 0 Å². The number of hydrogen-bond acceptors (Lipinski definition) is 2. The monoisotopic (exact) mass is 245 g/mol. The fourth-order valence-electron chi connectivity index (χ4n) is 1.53. The van der Waals surface area contributed by atoms with E-state index in [2.05, 4.69) is 17.2 Å². The van der Waals surface area contributed by atoms with E-state index >= 15 is 0 Å². The summed E-state index contributed by atoms with van der Waals surface area (Å²) in [5.41, 5.74) is 10.8. The summed E-state index contributed by atoms with van der Waals surface area (Å²) in [4.78, 5) is 3.66. The number of rotatable bonds is 1. The second kappa shape index (κ2) is 4.80. The topological polar surface area (TPSA) is 73.6 Å². The number of aliphatic imine (C=N–C) groups is 1. The predicted octanol–water partition coefficient (Wildman–Crippen LogP) is 1.78. The Morgan fingerprint density at radius 2 is 1.76 bits per heavy atom. The first-order valence-electron chi connectivity index (χ1n) is 4.96. The average molecular weight is 245 g/mol. The molecule has 0 saturated carbocycles. The minimum Gasteiger partial charge on any atom is -0.425 e. The molecule has 0 heterocycles. The van der Waals surface area contributed by atoms with E-state index in [1.807, 2.05) is 42.5 Å². The molecule has 86 valence electrons. The third-order valence-electron chi connectivity index (χ3n) is 2.18. The van der Waals surface area contributed by atoms with Crippen molar-refractivity contribution in [1.29, 1.82) is 0 Å². The number of nitrogens with zero attached hydrogens (tertiary/aromatic N) is 1. The van der Waals surface area contributed by atoms with Crippen molar-refractivity contribution >= 4 is 34.1 Å². The summed E-state index contributed by atoms with van der Waals surface area (Å²) in [6.07, 6.45) is 0. The first kappa shape index (κ1) is 11.3. The minimum atomic E-state index is -0.0612. The number of amidine groups is 1. The van der Waals surface area contributed by atoms with E-state index in [9.17, 15) is 0 Å². The fourth-order valence-corrected chi connectivity index (χ4v) is 1.62. The van der Waals surface area contributed by atoms with E-state index < -0.39 is 0 Å². The maximum absolute atomic E-state index is 5.56. The lowest BCUT2D eigenvalue weighted by Gasteiger charge is -2.07. The molecule has 2 rings (SSSR count). The van der Waals surface area contributed by atoms with E-state index in [0.29, 0.717) is 5.75 Å². The van der Waals surface area contributed by atoms with Gasteiger partial charge in [-0.05, 0) is 23.7 Å². The Morgan fingerprint density at radius 3 is 2.53 bits per heavy atom. The molecular formula is C12H11N3OS. The first-order chi connectivity index (χ1) is 8.16. The van der Waals surface area contributed by atoms with Gasteiger partial charge in [0.25, 0.3) is 6.02 Å². The van der Waals surface area contributed by atoms with Crippen LogP contribution in [0.3, 0.4) is 0 Å². The molecule has 0 saturated heterocycles. The zero-order chi connectivity index (χ0) is 12.3. The van der Waals surface area contributed by atoms with Gasteiger partial charge in [0.15, 0.2) is 5.11 Å². The summed E-state index contributed by atoms with van der Waals surface area (Å²) >= 11 is 4.61. The second-order valence-corrected chi connectivity index (χ2v) is 3.79. The molecule has 2 aromatic rings. The smallest absolute Gasteiger partial charge is 0.294 e. The summed E-state index contributed by atoms with van der Waals surface area (Å²) in [6.45, 7) is 0. The van der Waals surface area contributed by atoms with Gasteiger partial charge < -0.3 is 16.2 Å². The van der Waals surface area contributed by atoms with E-state index in [4.69, 9.17) is 16.2 Å². The maximum atomic E-state index is 5.56. The van der Waals surface area contributed by atoms with Gasteiger partial charge in [-0.15, -0.1) is 0 Å². The van der Waals surface area contributed by atoms with Crippen LogP contribution in [0.25, 0.3) is 10.8 Å². The molecule has 0 spiro atoms. The highest BCUT2D eigenvalue weighted by Crippen LogP contribution is 2.24. The molecule has 17 heavy (non-hydrogen) atoms. The Balaban J connectivity index is 2.39. The Labute approximate surface area is 104 Å². The van der Waals surface area contributed by atoms with Crippen LogP contribution in [0.4, 0.5) is 0 Å². The highest BCUT2D eigenvalue weighted by molar-refractivity contribution is 7.80. The van der Waals surface area contributed by atoms with Crippen molar-refractivity contribution in [1.82, 2.24) is 0 Å². The molecule has 0 aliphatic carbocycles. The Bertz CT molecular complexity index is 590. The van der Waals surface area contributed by atoms with Crippen LogP contribution in [-0.4, -0.2) is 11.1 Å². The molecule has 4 N–H and O–H groups in total. The molecule has 2 aromatic carbocycles. The zero-order valence-electron chi connectivity index (χ0n) is 8.96. The van der Waals surface area contributed by atoms with Crippen LogP contribution in [0.15, 0.2) is 47.5 Å². The largest absolute Gasteiger partial charge is 0.425 e. The van der Waals surface area contributed by atoms with Gasteiger partial charge in [0.2, 0.25) is 0 Å². The van der Waals surface area contributed by atoms with Crippen LogP contribution in [0.2, 0.25) is 0 Å². The molecule has 0 atom stereocenters. The van der Waals surface area contributed by atoms with Crippen LogP contribution in [0.5, 0.6) is 5.75 Å². The minimum absolute atomic E-state index is 0.0530. The third-order valence-corrected chi connectivity index (χ3v) is 2.28. The van der Waals surface area contributed by atoms with Crippen LogP contribution >= 0.6 is 12.2 Å². The highest BCUT2D eigenvalue weighted by atomic mass is 32.1. The van der Waals surface area contributed by atoms with Crippen molar-refractivity contribution < 1.29 is 4.74 Å². The average Bonchev–Trinajstić information content (AvgIpc) is 2.28. The molecule has 0 aliphatic rings. The van der Waals surface area contributed by atoms with Crippen molar-refractivity contribution in [2.24, 2.45) is 16.5 Å². The van der Waals surface area contributed by atoms with Crippen molar-refractivity contribution in [3.8, 4) is 5.75 Å². The Morgan fingerprint density at radius 1 is 1.06 bits per heavy atom. The lowest BCUT2D eigenvalue weighted by Crippen LogP contribution is -2.23. The number of ether oxygens (including phenoxy) is 1. The van der Waals surface area contributed by atoms with Crippen LogP contribution in [0.1, 0.15) is 0 Å². The standard InChI is InChI=1S/C12H11N3OS/c13-11(15-12(14)17)16-10-7-3-5-8-4-1-2-6-9(8)10/h1-7H,(H4,13,14,15,17). The number of hydrogen-bond donors (Lipinski definition) is 2. The van der Waals surface area contributed by atoms with Crippen molar-refractivity contribution in [3.63, 3.8) is 0 Å².